The molecule has 0 aromatic heterocycles. The first-order valence-corrected chi connectivity index (χ1v) is 4.59. The predicted molar refractivity (Wildman–Crippen MR) is 46.7 cm³/mol. The molecular weight excluding hydrogens is 154 g/mol. The predicted octanol–water partition coefficient (Wildman–Crippen LogP) is 1.22. The maximum absolute atomic E-state index is 10.6. The Morgan fingerprint density at radius 2 is 2.25 bits per heavy atom. The number of nitrogens with two attached hydrogens (primary N) is 1. The van der Waals surface area contributed by atoms with Crippen LogP contribution in [0.2, 0.25) is 0 Å². The van der Waals surface area contributed by atoms with Crippen LogP contribution in [-0.4, -0.2) is 17.1 Å². The topological polar surface area (TPSA) is 63.3 Å². The van der Waals surface area contributed by atoms with Crippen molar-refractivity contribution in [2.45, 2.75) is 38.6 Å². The maximum Gasteiger partial charge on any atom is 0.320 e. The molecule has 0 aromatic carbocycles. The highest BCUT2D eigenvalue weighted by atomic mass is 16.4. The number of hydrogen-bond acceptors (Lipinski definition) is 2. The second-order valence-electron chi connectivity index (χ2n) is 3.90. The molecular formula is C9H17NO2. The van der Waals surface area contributed by atoms with Crippen molar-refractivity contribution in [3.05, 3.63) is 0 Å². The molecule has 1 aliphatic rings. The van der Waals surface area contributed by atoms with Crippen LogP contribution in [0.4, 0.5) is 0 Å². The number of carbonyl (C=O) groups is 1. The zero-order valence-electron chi connectivity index (χ0n) is 7.49. The van der Waals surface area contributed by atoms with Crippen molar-refractivity contribution in [2.24, 2.45) is 17.6 Å². The SMILES string of the molecule is C[C@H]1CCC[C@H]([C@H](N)C(=O)O)C1. The van der Waals surface area contributed by atoms with Gasteiger partial charge in [0.1, 0.15) is 6.04 Å². The number of carboxylic acid groups (broad SMARTS) is 1. The highest BCUT2D eigenvalue weighted by Gasteiger charge is 2.28. The van der Waals surface area contributed by atoms with Crippen molar-refractivity contribution in [1.82, 2.24) is 0 Å². The van der Waals surface area contributed by atoms with E-state index in [0.717, 1.165) is 19.3 Å². The molecule has 0 aliphatic heterocycles. The summed E-state index contributed by atoms with van der Waals surface area (Å²) < 4.78 is 0. The third-order valence-electron chi connectivity index (χ3n) is 2.77. The summed E-state index contributed by atoms with van der Waals surface area (Å²) in [6.45, 7) is 2.17. The molecule has 0 heterocycles. The first-order valence-electron chi connectivity index (χ1n) is 4.59. The molecule has 1 fully saturated rings. The minimum Gasteiger partial charge on any atom is -0.480 e. The molecule has 0 radical (unpaired) electrons. The summed E-state index contributed by atoms with van der Waals surface area (Å²) in [7, 11) is 0. The second kappa shape index (κ2) is 3.90. The van der Waals surface area contributed by atoms with Crippen LogP contribution in [0, 0.1) is 11.8 Å². The van der Waals surface area contributed by atoms with E-state index in [1.54, 1.807) is 0 Å². The molecule has 3 N–H and O–H groups in total. The molecule has 0 unspecified atom stereocenters. The van der Waals surface area contributed by atoms with Gasteiger partial charge in [-0.15, -0.1) is 0 Å². The van der Waals surface area contributed by atoms with E-state index >= 15 is 0 Å². The fourth-order valence-corrected chi connectivity index (χ4v) is 2.01. The molecule has 1 rings (SSSR count). The minimum atomic E-state index is -0.853. The average Bonchev–Trinajstić information content (AvgIpc) is 2.03. The highest BCUT2D eigenvalue weighted by Crippen LogP contribution is 2.30. The van der Waals surface area contributed by atoms with Crippen LogP contribution in [0.15, 0.2) is 0 Å². The quantitative estimate of drug-likeness (QED) is 0.656. The second-order valence-corrected chi connectivity index (χ2v) is 3.90. The number of hydrogen-bond donors (Lipinski definition) is 2. The molecule has 1 aliphatic carbocycles. The van der Waals surface area contributed by atoms with Gasteiger partial charge >= 0.3 is 5.97 Å². The van der Waals surface area contributed by atoms with Gasteiger partial charge in [0.15, 0.2) is 0 Å². The molecule has 3 atom stereocenters. The molecule has 0 bridgehead atoms. The van der Waals surface area contributed by atoms with E-state index in [2.05, 4.69) is 6.92 Å². The summed E-state index contributed by atoms with van der Waals surface area (Å²) in [5.74, 6) is -0.00509. The van der Waals surface area contributed by atoms with Crippen molar-refractivity contribution in [2.75, 3.05) is 0 Å². The molecule has 70 valence electrons. The van der Waals surface area contributed by atoms with E-state index in [-0.39, 0.29) is 5.92 Å². The van der Waals surface area contributed by atoms with Crippen LogP contribution in [-0.2, 0) is 4.79 Å². The van der Waals surface area contributed by atoms with Gasteiger partial charge in [-0.25, -0.2) is 0 Å². The van der Waals surface area contributed by atoms with Gasteiger partial charge in [-0.2, -0.15) is 0 Å². The van der Waals surface area contributed by atoms with Crippen LogP contribution in [0.25, 0.3) is 0 Å². The summed E-state index contributed by atoms with van der Waals surface area (Å²) in [4.78, 5) is 10.6. The van der Waals surface area contributed by atoms with Gasteiger partial charge in [0, 0.05) is 0 Å². The summed E-state index contributed by atoms with van der Waals surface area (Å²) in [6.07, 6.45) is 4.32. The van der Waals surface area contributed by atoms with Crippen molar-refractivity contribution in [1.29, 1.82) is 0 Å². The monoisotopic (exact) mass is 171 g/mol. The summed E-state index contributed by atoms with van der Waals surface area (Å²) in [5, 5.41) is 8.70. The highest BCUT2D eigenvalue weighted by molar-refractivity contribution is 5.73. The summed E-state index contributed by atoms with van der Waals surface area (Å²) in [6, 6.07) is -0.646. The van der Waals surface area contributed by atoms with Gasteiger partial charge in [-0.1, -0.05) is 19.8 Å². The molecule has 3 nitrogen and oxygen atoms in total. The number of aliphatic carboxylic acids is 1. The van der Waals surface area contributed by atoms with Gasteiger partial charge in [-0.05, 0) is 24.7 Å². The zero-order valence-corrected chi connectivity index (χ0v) is 7.49. The van der Waals surface area contributed by atoms with Crippen LogP contribution >= 0.6 is 0 Å². The third kappa shape index (κ3) is 2.21. The molecule has 12 heavy (non-hydrogen) atoms. The zero-order chi connectivity index (χ0) is 9.14. The lowest BCUT2D eigenvalue weighted by Crippen LogP contribution is -2.40. The Labute approximate surface area is 72.9 Å². The van der Waals surface area contributed by atoms with Crippen LogP contribution in [0.5, 0.6) is 0 Å². The van der Waals surface area contributed by atoms with E-state index in [4.69, 9.17) is 10.8 Å². The summed E-state index contributed by atoms with van der Waals surface area (Å²) >= 11 is 0. The van der Waals surface area contributed by atoms with Gasteiger partial charge < -0.3 is 10.8 Å². The normalized spacial score (nSPS) is 32.8. The first-order chi connectivity index (χ1) is 5.61. The van der Waals surface area contributed by atoms with Crippen LogP contribution < -0.4 is 5.73 Å². The lowest BCUT2D eigenvalue weighted by Gasteiger charge is -2.28. The van der Waals surface area contributed by atoms with Crippen molar-refractivity contribution in [3.8, 4) is 0 Å². The Morgan fingerprint density at radius 1 is 1.58 bits per heavy atom. The number of carboxylic acids is 1. The molecule has 3 heteroatoms. The Kier molecular flexibility index (Phi) is 3.09. The molecule has 0 spiro atoms. The summed E-state index contributed by atoms with van der Waals surface area (Å²) in [5.41, 5.74) is 5.55. The van der Waals surface area contributed by atoms with Crippen LogP contribution in [0.1, 0.15) is 32.6 Å². The molecule has 1 saturated carbocycles. The fourth-order valence-electron chi connectivity index (χ4n) is 2.01. The van der Waals surface area contributed by atoms with Gasteiger partial charge in [0.25, 0.3) is 0 Å². The standard InChI is InChI=1S/C9H17NO2/c1-6-3-2-4-7(5-6)8(10)9(11)12/h6-8H,2-5,10H2,1H3,(H,11,12)/t6-,7-,8-/m0/s1. The van der Waals surface area contributed by atoms with E-state index in [9.17, 15) is 4.79 Å². The van der Waals surface area contributed by atoms with Crippen molar-refractivity contribution < 1.29 is 9.90 Å². The average molecular weight is 171 g/mol. The largest absolute Gasteiger partial charge is 0.480 e. The van der Waals surface area contributed by atoms with Crippen molar-refractivity contribution in [3.63, 3.8) is 0 Å². The minimum absolute atomic E-state index is 0.200. The third-order valence-corrected chi connectivity index (χ3v) is 2.77. The lowest BCUT2D eigenvalue weighted by molar-refractivity contribution is -0.140. The van der Waals surface area contributed by atoms with Gasteiger partial charge in [0.05, 0.1) is 0 Å². The number of rotatable bonds is 2. The Morgan fingerprint density at radius 3 is 2.75 bits per heavy atom. The Balaban J connectivity index is 2.45. The fraction of sp³-hybridized carbons (Fsp3) is 0.889. The van der Waals surface area contributed by atoms with Gasteiger partial charge in [-0.3, -0.25) is 4.79 Å². The van der Waals surface area contributed by atoms with Crippen molar-refractivity contribution >= 4 is 5.97 Å². The molecule has 0 amide bonds. The van der Waals surface area contributed by atoms with E-state index in [1.165, 1.54) is 6.42 Å². The molecule has 0 saturated heterocycles. The first kappa shape index (κ1) is 9.52. The van der Waals surface area contributed by atoms with E-state index in [0.29, 0.717) is 5.92 Å². The van der Waals surface area contributed by atoms with E-state index < -0.39 is 12.0 Å². The Hall–Kier alpha value is -0.570. The lowest BCUT2D eigenvalue weighted by atomic mass is 9.79. The van der Waals surface area contributed by atoms with Gasteiger partial charge in [0.2, 0.25) is 0 Å². The maximum atomic E-state index is 10.6. The Bertz CT molecular complexity index is 170. The van der Waals surface area contributed by atoms with Crippen LogP contribution in [0.3, 0.4) is 0 Å². The molecule has 0 aromatic rings. The smallest absolute Gasteiger partial charge is 0.320 e. The van der Waals surface area contributed by atoms with E-state index in [1.807, 2.05) is 0 Å².